The number of pyridine rings is 2. The fourth-order valence-electron chi connectivity index (χ4n) is 12.3. The van der Waals surface area contributed by atoms with Gasteiger partial charge in [-0.2, -0.15) is 35.5 Å². The maximum Gasteiger partial charge on any atom is 0.416 e. The number of aromatic nitrogens is 2. The molecule has 11 aromatic carbocycles. The minimum atomic E-state index is -4.56. The molecule has 0 saturated carbocycles. The first kappa shape index (κ1) is 57.7. The Morgan fingerprint density at radius 3 is 0.837 bits per heavy atom. The topological polar surface area (TPSA) is 53.9 Å². The van der Waals surface area contributed by atoms with E-state index in [2.05, 4.69) is 99.2 Å². The van der Waals surface area contributed by atoms with Gasteiger partial charge in [0.15, 0.2) is 0 Å². The predicted molar refractivity (Wildman–Crippen MR) is 331 cm³/mol. The number of nitrogens with zero attached hydrogens (tertiary/aromatic N) is 2. The summed E-state index contributed by atoms with van der Waals surface area (Å²) in [6.07, 6.45) is -9.12. The third kappa shape index (κ3) is 11.1. The van der Waals surface area contributed by atoms with E-state index in [0.717, 1.165) is 102 Å². The van der Waals surface area contributed by atoms with Crippen LogP contribution in [0.5, 0.6) is 11.5 Å². The number of benzene rings is 11. The van der Waals surface area contributed by atoms with Crippen molar-refractivity contribution < 1.29 is 45.7 Å². The molecule has 0 fully saturated rings. The maximum absolute atomic E-state index is 13.6. The summed E-state index contributed by atoms with van der Waals surface area (Å²) < 4.78 is 86.0. The number of fused-ring (bicyclic) bond motifs is 4. The lowest BCUT2D eigenvalue weighted by Crippen LogP contribution is -2.34. The molecular weight excluding hydrogens is 1090 g/mol. The number of hydrogen-bond acceptors (Lipinski definition) is 2. The molecule has 0 bridgehead atoms. The summed E-state index contributed by atoms with van der Waals surface area (Å²) in [5, 5.41) is 30.0. The highest BCUT2D eigenvalue weighted by molar-refractivity contribution is 6.10. The molecule has 426 valence electrons. The van der Waals surface area contributed by atoms with Crippen molar-refractivity contribution >= 4 is 43.6 Å². The highest BCUT2D eigenvalue weighted by Gasteiger charge is 2.34. The molecule has 0 unspecified atom stereocenters. The fourth-order valence-corrected chi connectivity index (χ4v) is 12.3. The molecule has 86 heavy (non-hydrogen) atoms. The van der Waals surface area contributed by atoms with Crippen molar-refractivity contribution in [1.82, 2.24) is 0 Å². The zero-order chi connectivity index (χ0) is 60.6. The highest BCUT2D eigenvalue weighted by Crippen LogP contribution is 2.44. The molecule has 0 saturated heterocycles. The second-order valence-corrected chi connectivity index (χ2v) is 21.6. The third-order valence-electron chi connectivity index (χ3n) is 15.7. The Kier molecular flexibility index (Phi) is 15.8. The maximum atomic E-state index is 13.6. The van der Waals surface area contributed by atoms with E-state index >= 15 is 0 Å². The third-order valence-corrected chi connectivity index (χ3v) is 15.7. The lowest BCUT2D eigenvalue weighted by Gasteiger charge is -2.19. The number of para-hydroxylation sites is 6. The molecule has 0 spiro atoms. The van der Waals surface area contributed by atoms with Crippen LogP contribution in [0, 0.1) is 41.5 Å². The Morgan fingerprint density at radius 2 is 0.547 bits per heavy atom. The smallest absolute Gasteiger partial charge is 0.416 e. The molecule has 13 rings (SSSR count). The highest BCUT2D eigenvalue weighted by atomic mass is 19.4. The van der Waals surface area contributed by atoms with Crippen molar-refractivity contribution in [2.24, 2.45) is 0 Å². The van der Waals surface area contributed by atoms with Crippen molar-refractivity contribution in [1.29, 1.82) is 0 Å². The summed E-state index contributed by atoms with van der Waals surface area (Å²) in [4.78, 5) is 0. The van der Waals surface area contributed by atoms with E-state index in [-0.39, 0.29) is 11.1 Å². The van der Waals surface area contributed by atoms with Gasteiger partial charge >= 0.3 is 12.4 Å². The first-order chi connectivity index (χ1) is 41.3. The summed E-state index contributed by atoms with van der Waals surface area (Å²) in [6, 6.07) is 72.9. The van der Waals surface area contributed by atoms with Crippen molar-refractivity contribution in [2.75, 3.05) is 0 Å². The van der Waals surface area contributed by atoms with Crippen LogP contribution in [0.1, 0.15) is 44.5 Å². The van der Waals surface area contributed by atoms with Crippen LogP contribution in [0.3, 0.4) is 0 Å². The van der Waals surface area contributed by atoms with E-state index in [9.17, 15) is 36.6 Å². The fraction of sp³-hybridized carbons (Fsp3) is 0.105. The van der Waals surface area contributed by atoms with Gasteiger partial charge in [-0.25, -0.2) is 0 Å². The molecule has 13 aromatic rings. The van der Waals surface area contributed by atoms with Crippen LogP contribution in [0.15, 0.2) is 243 Å². The second kappa shape index (κ2) is 23.5. The molecule has 0 amide bonds. The van der Waals surface area contributed by atoms with E-state index in [0.29, 0.717) is 22.5 Å². The van der Waals surface area contributed by atoms with Gasteiger partial charge in [0.25, 0.3) is 0 Å². The van der Waals surface area contributed by atoms with Crippen molar-refractivity contribution in [3.63, 3.8) is 0 Å². The summed E-state index contributed by atoms with van der Waals surface area (Å²) in [7, 11) is 0. The van der Waals surface area contributed by atoms with Crippen LogP contribution >= 0.6 is 0 Å². The van der Waals surface area contributed by atoms with Gasteiger partial charge in [-0.05, 0) is 135 Å². The Hall–Kier alpha value is -10.1. The Bertz CT molecular complexity index is 4250. The predicted octanol–water partition coefficient (Wildman–Crippen LogP) is 18.9. The van der Waals surface area contributed by atoms with Gasteiger partial charge in [0.1, 0.15) is 0 Å². The van der Waals surface area contributed by atoms with Gasteiger partial charge in [-0.3, -0.25) is 0 Å². The number of rotatable bonds is 6. The van der Waals surface area contributed by atoms with Gasteiger partial charge in [0.05, 0.1) is 43.8 Å². The molecule has 0 radical (unpaired) electrons. The zero-order valence-corrected chi connectivity index (χ0v) is 48.1. The lowest BCUT2D eigenvalue weighted by atomic mass is 9.88. The molecule has 0 aliphatic heterocycles. The Labute approximate surface area is 495 Å². The molecular formula is C76H58F6N2O2. The van der Waals surface area contributed by atoms with E-state index in [1.165, 1.54) is 33.4 Å². The quantitative estimate of drug-likeness (QED) is 0.0946. The molecule has 0 aliphatic carbocycles. The standard InChI is InChI=1S/2C35H26F3NO.C6H6/c2*1-21-18-22(2)33(23(3)19-21)34-26-11-5-8-14-30(26)39(31-15-9-6-12-27(31)34)29-13-7-4-10-25(29)28-20-24(35(36,37)38)16-17-32(28)40;1-2-4-6-5-3-1/h2*4-20H,1-3H3;1-6H. The van der Waals surface area contributed by atoms with Gasteiger partial charge in [-0.15, -0.1) is 11.5 Å². The van der Waals surface area contributed by atoms with E-state index in [1.54, 1.807) is 24.3 Å². The number of hydrogen-bond donors (Lipinski definition) is 0. The van der Waals surface area contributed by atoms with E-state index in [1.807, 2.05) is 133 Å². The molecule has 0 N–H and O–H groups in total. The van der Waals surface area contributed by atoms with Crippen molar-refractivity contribution in [3.05, 3.63) is 287 Å². The molecule has 0 aliphatic rings. The summed E-state index contributed by atoms with van der Waals surface area (Å²) in [5.41, 5.74) is 15.7. The zero-order valence-electron chi connectivity index (χ0n) is 48.1. The van der Waals surface area contributed by atoms with Gasteiger partial charge in [0, 0.05) is 47.5 Å². The molecule has 0 atom stereocenters. The summed E-state index contributed by atoms with van der Waals surface area (Å²) in [5.74, 6) is -0.922. The van der Waals surface area contributed by atoms with Crippen molar-refractivity contribution in [2.45, 2.75) is 53.9 Å². The number of halogens is 6. The lowest BCUT2D eigenvalue weighted by molar-refractivity contribution is -0.537. The molecule has 4 nitrogen and oxygen atoms in total. The van der Waals surface area contributed by atoms with Crippen LogP contribution in [0.2, 0.25) is 0 Å². The first-order valence-corrected chi connectivity index (χ1v) is 28.1. The van der Waals surface area contributed by atoms with Gasteiger partial charge < -0.3 is 10.2 Å². The molecule has 10 heteroatoms. The number of alkyl halides is 6. The van der Waals surface area contributed by atoms with E-state index in [4.69, 9.17) is 0 Å². The monoisotopic (exact) mass is 1140 g/mol. The average molecular weight is 1150 g/mol. The second-order valence-electron chi connectivity index (χ2n) is 21.6. The minimum absolute atomic E-state index is 0.0142. The van der Waals surface area contributed by atoms with Gasteiger partial charge in [-0.1, -0.05) is 169 Å². The summed E-state index contributed by atoms with van der Waals surface area (Å²) >= 11 is 0. The van der Waals surface area contributed by atoms with Crippen molar-refractivity contribution in [3.8, 4) is 67.4 Å². The van der Waals surface area contributed by atoms with Crippen LogP contribution in [0.25, 0.3) is 99.5 Å². The Balaban J connectivity index is 0.000000163. The number of aryl methyl sites for hydroxylation is 6. The van der Waals surface area contributed by atoms with Crippen LogP contribution in [-0.4, -0.2) is 0 Å². The molecule has 2 aromatic heterocycles. The average Bonchev–Trinajstić information content (AvgIpc) is 0.775. The Morgan fingerprint density at radius 1 is 0.279 bits per heavy atom. The van der Waals surface area contributed by atoms with Crippen LogP contribution < -0.4 is 19.3 Å². The van der Waals surface area contributed by atoms with Gasteiger partial charge in [0.2, 0.25) is 33.4 Å². The molecule has 2 heterocycles. The largest absolute Gasteiger partial charge is 0.872 e. The normalized spacial score (nSPS) is 11.6. The first-order valence-electron chi connectivity index (χ1n) is 28.1. The minimum Gasteiger partial charge on any atom is -0.872 e. The summed E-state index contributed by atoms with van der Waals surface area (Å²) in [6.45, 7) is 12.7. The van der Waals surface area contributed by atoms with E-state index < -0.39 is 35.0 Å². The van der Waals surface area contributed by atoms with Crippen LogP contribution in [0.4, 0.5) is 26.3 Å². The van der Waals surface area contributed by atoms with Crippen LogP contribution in [-0.2, 0) is 12.4 Å². The SMILES string of the molecule is Cc1cc(C)c(-c2c3ccccc3[n+](-c3ccccc3-c3cc(C(F)(F)F)ccc3[O-])c3ccccc23)c(C)c1.Cc1cc(C)c(-c2c3ccccc3[n+](-c3ccccc3-c3cc(C(F)(F)F)ccc3[O-])c3ccccc23)c(C)c1.c1ccccc1.